The molecular formula is C19H21N3OS. The zero-order chi connectivity index (χ0) is 16.4. The van der Waals surface area contributed by atoms with Gasteiger partial charge in [-0.3, -0.25) is 4.79 Å². The molecule has 0 spiro atoms. The van der Waals surface area contributed by atoms with Gasteiger partial charge in [-0.15, -0.1) is 11.3 Å². The van der Waals surface area contributed by atoms with Crippen LogP contribution in [-0.4, -0.2) is 15.3 Å². The number of thiophene rings is 1. The fourth-order valence-electron chi connectivity index (χ4n) is 3.29. The zero-order valence-corrected chi connectivity index (χ0v) is 14.4. The van der Waals surface area contributed by atoms with Gasteiger partial charge in [0.1, 0.15) is 5.65 Å². The van der Waals surface area contributed by atoms with E-state index in [1.807, 2.05) is 35.0 Å². The SMILES string of the molecule is O=C(NCc1cn2ccccc2n1)c1cc2c(s1)CCCCCC2. The first kappa shape index (κ1) is 15.4. The number of aryl methyl sites for hydroxylation is 2. The monoisotopic (exact) mass is 339 g/mol. The van der Waals surface area contributed by atoms with E-state index in [9.17, 15) is 4.79 Å². The fraction of sp³-hybridized carbons (Fsp3) is 0.368. The molecule has 1 aliphatic carbocycles. The molecule has 0 atom stereocenters. The van der Waals surface area contributed by atoms with Gasteiger partial charge in [-0.05, 0) is 49.4 Å². The normalized spacial score (nSPS) is 14.8. The van der Waals surface area contributed by atoms with Crippen molar-refractivity contribution >= 4 is 22.9 Å². The number of carbonyl (C=O) groups excluding carboxylic acids is 1. The maximum atomic E-state index is 12.5. The highest BCUT2D eigenvalue weighted by Gasteiger charge is 2.16. The summed E-state index contributed by atoms with van der Waals surface area (Å²) >= 11 is 1.67. The van der Waals surface area contributed by atoms with E-state index in [2.05, 4.69) is 16.4 Å². The third kappa shape index (κ3) is 3.22. The predicted octanol–water partition coefficient (Wildman–Crippen LogP) is 3.98. The second kappa shape index (κ2) is 6.77. The number of fused-ring (bicyclic) bond motifs is 2. The van der Waals surface area contributed by atoms with Crippen molar-refractivity contribution in [3.8, 4) is 0 Å². The van der Waals surface area contributed by atoms with Gasteiger partial charge < -0.3 is 9.72 Å². The number of aromatic nitrogens is 2. The Morgan fingerprint density at radius 1 is 1.21 bits per heavy atom. The van der Waals surface area contributed by atoms with Crippen molar-refractivity contribution < 1.29 is 4.79 Å². The summed E-state index contributed by atoms with van der Waals surface area (Å²) in [5, 5.41) is 3.01. The number of nitrogens with zero attached hydrogens (tertiary/aromatic N) is 2. The quantitative estimate of drug-likeness (QED) is 0.784. The second-order valence-corrected chi connectivity index (χ2v) is 7.49. The lowest BCUT2D eigenvalue weighted by Gasteiger charge is -2.07. The largest absolute Gasteiger partial charge is 0.346 e. The summed E-state index contributed by atoms with van der Waals surface area (Å²) in [4.78, 5) is 19.3. The first-order valence-electron chi connectivity index (χ1n) is 8.62. The van der Waals surface area contributed by atoms with E-state index >= 15 is 0 Å². The van der Waals surface area contributed by atoms with Crippen LogP contribution >= 0.6 is 11.3 Å². The number of nitrogens with one attached hydrogen (secondary N) is 1. The molecule has 3 aromatic rings. The van der Waals surface area contributed by atoms with Gasteiger partial charge in [-0.2, -0.15) is 0 Å². The van der Waals surface area contributed by atoms with Crippen LogP contribution in [-0.2, 0) is 19.4 Å². The minimum atomic E-state index is 0.0174. The minimum absolute atomic E-state index is 0.0174. The van der Waals surface area contributed by atoms with E-state index < -0.39 is 0 Å². The Bertz CT molecular complexity index is 806. The first-order chi connectivity index (χ1) is 11.8. The van der Waals surface area contributed by atoms with Gasteiger partial charge in [0, 0.05) is 17.3 Å². The summed E-state index contributed by atoms with van der Waals surface area (Å²) in [5.74, 6) is 0.0174. The van der Waals surface area contributed by atoms with E-state index in [0.29, 0.717) is 6.54 Å². The molecule has 0 bridgehead atoms. The van der Waals surface area contributed by atoms with Gasteiger partial charge in [-0.1, -0.05) is 18.9 Å². The Kier molecular flexibility index (Phi) is 4.34. The maximum Gasteiger partial charge on any atom is 0.261 e. The van der Waals surface area contributed by atoms with E-state index in [0.717, 1.165) is 29.1 Å². The lowest BCUT2D eigenvalue weighted by molar-refractivity contribution is 0.0954. The molecule has 0 aliphatic heterocycles. The zero-order valence-electron chi connectivity index (χ0n) is 13.6. The third-order valence-corrected chi connectivity index (χ3v) is 5.80. The van der Waals surface area contributed by atoms with Crippen LogP contribution in [0.15, 0.2) is 36.7 Å². The number of hydrogen-bond donors (Lipinski definition) is 1. The number of hydrogen-bond acceptors (Lipinski definition) is 3. The van der Waals surface area contributed by atoms with Crippen molar-refractivity contribution in [1.82, 2.24) is 14.7 Å². The standard InChI is InChI=1S/C19H21N3OS/c23-19(17-11-14-7-3-1-2-4-8-16(14)24-17)20-12-15-13-22-10-6-5-9-18(22)21-15/h5-6,9-11,13H,1-4,7-8,12H2,(H,20,23). The van der Waals surface area contributed by atoms with Gasteiger partial charge >= 0.3 is 0 Å². The molecule has 0 saturated heterocycles. The highest BCUT2D eigenvalue weighted by Crippen LogP contribution is 2.28. The molecule has 24 heavy (non-hydrogen) atoms. The first-order valence-corrected chi connectivity index (χ1v) is 9.44. The number of amides is 1. The molecule has 124 valence electrons. The summed E-state index contributed by atoms with van der Waals surface area (Å²) in [7, 11) is 0. The van der Waals surface area contributed by atoms with Crippen LogP contribution in [0.1, 0.15) is 51.5 Å². The molecule has 3 heterocycles. The average molecular weight is 339 g/mol. The molecule has 0 fully saturated rings. The van der Waals surface area contributed by atoms with Crippen molar-refractivity contribution in [2.75, 3.05) is 0 Å². The minimum Gasteiger partial charge on any atom is -0.346 e. The fourth-order valence-corrected chi connectivity index (χ4v) is 4.46. The van der Waals surface area contributed by atoms with Crippen LogP contribution in [0.4, 0.5) is 0 Å². The van der Waals surface area contributed by atoms with E-state index in [-0.39, 0.29) is 5.91 Å². The topological polar surface area (TPSA) is 46.4 Å². The van der Waals surface area contributed by atoms with E-state index in [1.165, 1.54) is 36.1 Å². The smallest absolute Gasteiger partial charge is 0.261 e. The molecule has 4 nitrogen and oxygen atoms in total. The maximum absolute atomic E-state index is 12.5. The Labute approximate surface area is 145 Å². The Morgan fingerprint density at radius 2 is 2.08 bits per heavy atom. The van der Waals surface area contributed by atoms with Crippen LogP contribution in [0.5, 0.6) is 0 Å². The summed E-state index contributed by atoms with van der Waals surface area (Å²) in [6, 6.07) is 8.00. The summed E-state index contributed by atoms with van der Waals surface area (Å²) in [6.45, 7) is 0.461. The molecule has 0 radical (unpaired) electrons. The van der Waals surface area contributed by atoms with Crippen molar-refractivity contribution in [3.63, 3.8) is 0 Å². The van der Waals surface area contributed by atoms with Gasteiger partial charge in [0.2, 0.25) is 0 Å². The van der Waals surface area contributed by atoms with Crippen molar-refractivity contribution in [2.24, 2.45) is 0 Å². The Morgan fingerprint density at radius 3 is 2.96 bits per heavy atom. The van der Waals surface area contributed by atoms with Crippen LogP contribution < -0.4 is 5.32 Å². The highest BCUT2D eigenvalue weighted by atomic mass is 32.1. The molecule has 1 aliphatic rings. The molecule has 3 aromatic heterocycles. The Balaban J connectivity index is 1.45. The van der Waals surface area contributed by atoms with Gasteiger partial charge in [0.25, 0.3) is 5.91 Å². The summed E-state index contributed by atoms with van der Waals surface area (Å²) < 4.78 is 1.97. The predicted molar refractivity (Wildman–Crippen MR) is 96.6 cm³/mol. The summed E-state index contributed by atoms with van der Waals surface area (Å²) in [6.07, 6.45) is 11.3. The number of rotatable bonds is 3. The molecule has 0 aromatic carbocycles. The van der Waals surface area contributed by atoms with Crippen LogP contribution in [0.2, 0.25) is 0 Å². The van der Waals surface area contributed by atoms with Crippen LogP contribution in [0.3, 0.4) is 0 Å². The molecule has 0 unspecified atom stereocenters. The van der Waals surface area contributed by atoms with Crippen LogP contribution in [0, 0.1) is 0 Å². The third-order valence-electron chi connectivity index (χ3n) is 4.56. The molecule has 5 heteroatoms. The molecule has 0 saturated carbocycles. The number of carbonyl (C=O) groups is 1. The van der Waals surface area contributed by atoms with Crippen molar-refractivity contribution in [2.45, 2.75) is 45.1 Å². The van der Waals surface area contributed by atoms with Gasteiger partial charge in [0.05, 0.1) is 17.1 Å². The highest BCUT2D eigenvalue weighted by molar-refractivity contribution is 7.14. The second-order valence-electron chi connectivity index (χ2n) is 6.35. The van der Waals surface area contributed by atoms with Crippen LogP contribution in [0.25, 0.3) is 5.65 Å². The molecule has 1 N–H and O–H groups in total. The average Bonchev–Trinajstić information content (AvgIpc) is 3.16. The molecule has 4 rings (SSSR count). The lowest BCUT2D eigenvalue weighted by Crippen LogP contribution is -2.21. The number of imidazole rings is 1. The van der Waals surface area contributed by atoms with E-state index in [4.69, 9.17) is 0 Å². The lowest BCUT2D eigenvalue weighted by atomic mass is 10.00. The van der Waals surface area contributed by atoms with Gasteiger partial charge in [-0.25, -0.2) is 4.98 Å². The van der Waals surface area contributed by atoms with Gasteiger partial charge in [0.15, 0.2) is 0 Å². The molecular weight excluding hydrogens is 318 g/mol. The molecule has 1 amide bonds. The van der Waals surface area contributed by atoms with Crippen molar-refractivity contribution in [1.29, 1.82) is 0 Å². The van der Waals surface area contributed by atoms with Crippen molar-refractivity contribution in [3.05, 3.63) is 57.7 Å². The summed E-state index contributed by atoms with van der Waals surface area (Å²) in [5.41, 5.74) is 3.17. The van der Waals surface area contributed by atoms with E-state index in [1.54, 1.807) is 11.3 Å². The Hall–Kier alpha value is -2.14. The number of pyridine rings is 1.